The van der Waals surface area contributed by atoms with Crippen LogP contribution in [0.5, 0.6) is 0 Å². The molecule has 0 saturated carbocycles. The van der Waals surface area contributed by atoms with E-state index in [2.05, 4.69) is 5.32 Å². The molecule has 0 spiro atoms. The van der Waals surface area contributed by atoms with E-state index in [1.807, 2.05) is 6.07 Å². The topological polar surface area (TPSA) is 30.5 Å². The molecule has 1 aliphatic heterocycles. The zero-order chi connectivity index (χ0) is 15.1. The lowest BCUT2D eigenvalue weighted by Crippen LogP contribution is -2.41. The van der Waals surface area contributed by atoms with Crippen molar-refractivity contribution in [2.24, 2.45) is 5.41 Å². The van der Waals surface area contributed by atoms with Crippen LogP contribution in [0.1, 0.15) is 18.4 Å². The van der Waals surface area contributed by atoms with Crippen molar-refractivity contribution in [2.45, 2.75) is 19.3 Å². The summed E-state index contributed by atoms with van der Waals surface area (Å²) in [4.78, 5) is 0. The third-order valence-corrected chi connectivity index (χ3v) is 4.56. The Balaban J connectivity index is 2.06. The summed E-state index contributed by atoms with van der Waals surface area (Å²) in [5.41, 5.74) is 0.954. The molecule has 21 heavy (non-hydrogen) atoms. The van der Waals surface area contributed by atoms with Gasteiger partial charge in [0.25, 0.3) is 0 Å². The molecule has 0 atom stereocenters. The number of nitrogens with one attached hydrogen (secondary N) is 1. The molecule has 1 N–H and O–H groups in total. The zero-order valence-electron chi connectivity index (χ0n) is 12.5. The van der Waals surface area contributed by atoms with Crippen molar-refractivity contribution in [1.29, 1.82) is 0 Å². The maximum atomic E-state index is 13.6. The zero-order valence-corrected chi connectivity index (χ0v) is 13.2. The first kappa shape index (κ1) is 16.7. The Morgan fingerprint density at radius 3 is 2.86 bits per heavy atom. The Morgan fingerprint density at radius 2 is 2.14 bits per heavy atom. The number of hydrogen-bond acceptors (Lipinski definition) is 3. The Kier molecular flexibility index (Phi) is 6.42. The Bertz CT molecular complexity index is 450. The van der Waals surface area contributed by atoms with Crippen LogP contribution >= 0.6 is 11.6 Å². The summed E-state index contributed by atoms with van der Waals surface area (Å²) in [6.07, 6.45) is 2.69. The second-order valence-electron chi connectivity index (χ2n) is 5.67. The van der Waals surface area contributed by atoms with Crippen molar-refractivity contribution in [3.63, 3.8) is 0 Å². The summed E-state index contributed by atoms with van der Waals surface area (Å²) < 4.78 is 24.2. The van der Waals surface area contributed by atoms with E-state index in [1.165, 1.54) is 6.07 Å². The molecular formula is C16H23ClFNO2. The lowest BCUT2D eigenvalue weighted by Gasteiger charge is -2.38. The van der Waals surface area contributed by atoms with Crippen molar-refractivity contribution in [3.05, 3.63) is 34.6 Å². The molecule has 118 valence electrons. The second-order valence-corrected chi connectivity index (χ2v) is 6.05. The molecule has 0 bridgehead atoms. The normalized spacial score (nSPS) is 17.9. The van der Waals surface area contributed by atoms with Crippen LogP contribution in [-0.4, -0.2) is 40.0 Å². The molecule has 0 aliphatic carbocycles. The molecule has 0 radical (unpaired) electrons. The SMILES string of the molecule is COCCNCC1(Cc2cccc(F)c2Cl)CCOCC1. The van der Waals surface area contributed by atoms with Crippen LogP contribution in [0.15, 0.2) is 18.2 Å². The first-order chi connectivity index (χ1) is 10.2. The summed E-state index contributed by atoms with van der Waals surface area (Å²) in [5.74, 6) is -0.344. The number of benzene rings is 1. The van der Waals surface area contributed by atoms with E-state index < -0.39 is 0 Å². The Morgan fingerprint density at radius 1 is 1.38 bits per heavy atom. The van der Waals surface area contributed by atoms with Crippen LogP contribution in [0.2, 0.25) is 5.02 Å². The predicted molar refractivity (Wildman–Crippen MR) is 82.3 cm³/mol. The third-order valence-electron chi connectivity index (χ3n) is 4.13. The summed E-state index contributed by atoms with van der Waals surface area (Å²) in [6, 6.07) is 5.04. The second kappa shape index (κ2) is 8.08. The minimum absolute atomic E-state index is 0.0728. The van der Waals surface area contributed by atoms with Gasteiger partial charge in [0.1, 0.15) is 5.82 Å². The van der Waals surface area contributed by atoms with Crippen molar-refractivity contribution in [1.82, 2.24) is 5.32 Å². The van der Waals surface area contributed by atoms with E-state index in [4.69, 9.17) is 21.1 Å². The first-order valence-corrected chi connectivity index (χ1v) is 7.75. The fraction of sp³-hybridized carbons (Fsp3) is 0.625. The minimum atomic E-state index is -0.344. The Hall–Kier alpha value is -0.680. The van der Waals surface area contributed by atoms with Gasteiger partial charge >= 0.3 is 0 Å². The lowest BCUT2D eigenvalue weighted by molar-refractivity contribution is 0.0143. The van der Waals surface area contributed by atoms with Gasteiger partial charge in [-0.25, -0.2) is 4.39 Å². The fourth-order valence-electron chi connectivity index (χ4n) is 2.84. The molecule has 0 aromatic heterocycles. The lowest BCUT2D eigenvalue weighted by atomic mass is 9.75. The van der Waals surface area contributed by atoms with Crippen LogP contribution in [0, 0.1) is 11.2 Å². The van der Waals surface area contributed by atoms with Crippen LogP contribution in [-0.2, 0) is 15.9 Å². The number of ether oxygens (including phenoxy) is 2. The van der Waals surface area contributed by atoms with Crippen LogP contribution in [0.3, 0.4) is 0 Å². The fourth-order valence-corrected chi connectivity index (χ4v) is 3.03. The van der Waals surface area contributed by atoms with E-state index in [0.29, 0.717) is 6.61 Å². The highest BCUT2D eigenvalue weighted by Gasteiger charge is 2.33. The van der Waals surface area contributed by atoms with Gasteiger partial charge in [-0.1, -0.05) is 23.7 Å². The molecule has 1 aliphatic rings. The number of rotatable bonds is 7. The molecule has 1 fully saturated rings. The van der Waals surface area contributed by atoms with E-state index in [0.717, 1.165) is 51.1 Å². The molecule has 3 nitrogen and oxygen atoms in total. The minimum Gasteiger partial charge on any atom is -0.383 e. The average Bonchev–Trinajstić information content (AvgIpc) is 2.50. The molecule has 1 saturated heterocycles. The largest absolute Gasteiger partial charge is 0.383 e. The molecular weight excluding hydrogens is 293 g/mol. The summed E-state index contributed by atoms with van der Waals surface area (Å²) in [6.45, 7) is 3.87. The maximum Gasteiger partial charge on any atom is 0.142 e. The van der Waals surface area contributed by atoms with Crippen molar-refractivity contribution in [2.75, 3.05) is 40.0 Å². The number of methoxy groups -OCH3 is 1. The van der Waals surface area contributed by atoms with Gasteiger partial charge in [-0.2, -0.15) is 0 Å². The highest BCUT2D eigenvalue weighted by Crippen LogP contribution is 2.36. The maximum absolute atomic E-state index is 13.6. The molecule has 1 aromatic rings. The predicted octanol–water partition coefficient (Wildman–Crippen LogP) is 3.05. The monoisotopic (exact) mass is 315 g/mol. The van der Waals surface area contributed by atoms with E-state index >= 15 is 0 Å². The van der Waals surface area contributed by atoms with E-state index in [-0.39, 0.29) is 16.3 Å². The summed E-state index contributed by atoms with van der Waals surface area (Å²) in [5, 5.41) is 3.68. The van der Waals surface area contributed by atoms with Crippen molar-refractivity contribution >= 4 is 11.6 Å². The van der Waals surface area contributed by atoms with Gasteiger partial charge in [0.15, 0.2) is 0 Å². The molecule has 0 unspecified atom stereocenters. The molecule has 0 amide bonds. The molecule has 5 heteroatoms. The molecule has 1 heterocycles. The third kappa shape index (κ3) is 4.65. The van der Waals surface area contributed by atoms with Gasteiger partial charge in [0.05, 0.1) is 11.6 Å². The van der Waals surface area contributed by atoms with E-state index in [9.17, 15) is 4.39 Å². The van der Waals surface area contributed by atoms with Gasteiger partial charge in [0.2, 0.25) is 0 Å². The average molecular weight is 316 g/mol. The quantitative estimate of drug-likeness (QED) is 0.785. The first-order valence-electron chi connectivity index (χ1n) is 7.37. The van der Waals surface area contributed by atoms with E-state index in [1.54, 1.807) is 13.2 Å². The number of hydrogen-bond donors (Lipinski definition) is 1. The highest BCUT2D eigenvalue weighted by molar-refractivity contribution is 6.31. The van der Waals surface area contributed by atoms with Gasteiger partial charge in [0, 0.05) is 33.4 Å². The van der Waals surface area contributed by atoms with Crippen LogP contribution < -0.4 is 5.32 Å². The van der Waals surface area contributed by atoms with Crippen molar-refractivity contribution in [3.8, 4) is 0 Å². The smallest absolute Gasteiger partial charge is 0.142 e. The molecule has 1 aromatic carbocycles. The number of halogens is 2. The van der Waals surface area contributed by atoms with Crippen molar-refractivity contribution < 1.29 is 13.9 Å². The standard InChI is InChI=1S/C16H23ClFNO2/c1-20-10-7-19-12-16(5-8-21-9-6-16)11-13-3-2-4-14(18)15(13)17/h2-4,19H,5-12H2,1H3. The highest BCUT2D eigenvalue weighted by atomic mass is 35.5. The Labute approximate surface area is 130 Å². The van der Waals surface area contributed by atoms with Gasteiger partial charge in [-0.3, -0.25) is 0 Å². The van der Waals surface area contributed by atoms with Gasteiger partial charge < -0.3 is 14.8 Å². The molecule has 2 rings (SSSR count). The van der Waals surface area contributed by atoms with Gasteiger partial charge in [-0.05, 0) is 36.3 Å². The van der Waals surface area contributed by atoms with Crippen LogP contribution in [0.25, 0.3) is 0 Å². The van der Waals surface area contributed by atoms with Gasteiger partial charge in [-0.15, -0.1) is 0 Å². The van der Waals surface area contributed by atoms with Crippen LogP contribution in [0.4, 0.5) is 4.39 Å². The summed E-state index contributed by atoms with van der Waals surface area (Å²) in [7, 11) is 1.69. The summed E-state index contributed by atoms with van der Waals surface area (Å²) >= 11 is 6.11.